The Bertz CT molecular complexity index is 1370. The molecule has 0 aliphatic carbocycles. The van der Waals surface area contributed by atoms with Crippen molar-refractivity contribution in [2.24, 2.45) is 7.05 Å². The number of halogens is 1. The van der Waals surface area contributed by atoms with Crippen LogP contribution in [0.25, 0.3) is 21.9 Å². The number of benzene rings is 2. The second kappa shape index (κ2) is 9.93. The predicted molar refractivity (Wildman–Crippen MR) is 136 cm³/mol. The van der Waals surface area contributed by atoms with Gasteiger partial charge in [-0.2, -0.15) is 0 Å². The lowest BCUT2D eigenvalue weighted by Gasteiger charge is -2.29. The predicted octanol–water partition coefficient (Wildman–Crippen LogP) is 5.13. The third-order valence-electron chi connectivity index (χ3n) is 6.36. The monoisotopic (exact) mass is 497 g/mol. The average Bonchev–Trinajstić information content (AvgIpc) is 2.83. The van der Waals surface area contributed by atoms with Crippen molar-refractivity contribution in [3.8, 4) is 22.6 Å². The topological polar surface area (TPSA) is 87.0 Å². The molecule has 36 heavy (non-hydrogen) atoms. The van der Waals surface area contributed by atoms with Gasteiger partial charge in [0, 0.05) is 12.6 Å². The molecule has 8 heteroatoms. The molecule has 1 atom stereocenters. The summed E-state index contributed by atoms with van der Waals surface area (Å²) < 4.78 is 31.3. The van der Waals surface area contributed by atoms with Gasteiger partial charge in [-0.15, -0.1) is 0 Å². The Labute approximate surface area is 209 Å². The van der Waals surface area contributed by atoms with E-state index in [9.17, 15) is 19.1 Å². The third kappa shape index (κ3) is 4.82. The number of carboxylic acid groups (broad SMARTS) is 1. The maximum absolute atomic E-state index is 13.5. The van der Waals surface area contributed by atoms with Crippen molar-refractivity contribution in [2.45, 2.75) is 52.2 Å². The fourth-order valence-electron chi connectivity index (χ4n) is 4.81. The molecule has 0 amide bonds. The highest BCUT2D eigenvalue weighted by atomic mass is 19.1. The smallest absolute Gasteiger partial charge is 0.339 e. The van der Waals surface area contributed by atoms with Gasteiger partial charge < -0.3 is 23.9 Å². The zero-order chi connectivity index (χ0) is 26.2. The van der Waals surface area contributed by atoms with E-state index in [0.717, 1.165) is 35.3 Å². The quantitative estimate of drug-likeness (QED) is 0.487. The molecule has 1 aliphatic heterocycles. The molecule has 1 N–H and O–H groups in total. The molecule has 7 nitrogen and oxygen atoms in total. The van der Waals surface area contributed by atoms with Crippen LogP contribution in [0.15, 0.2) is 35.1 Å². The highest BCUT2D eigenvalue weighted by Crippen LogP contribution is 2.42. The molecule has 4 rings (SSSR count). The van der Waals surface area contributed by atoms with Crippen molar-refractivity contribution >= 4 is 16.7 Å². The van der Waals surface area contributed by atoms with E-state index in [4.69, 9.17) is 14.2 Å². The molecule has 0 spiro atoms. The van der Waals surface area contributed by atoms with Crippen molar-refractivity contribution in [2.75, 3.05) is 19.9 Å². The van der Waals surface area contributed by atoms with E-state index in [1.54, 1.807) is 46.0 Å². The van der Waals surface area contributed by atoms with Crippen LogP contribution in [0.3, 0.4) is 0 Å². The number of ether oxygens (including phenoxy) is 3. The van der Waals surface area contributed by atoms with Crippen LogP contribution in [0.5, 0.6) is 11.5 Å². The minimum atomic E-state index is -1.39. The second-order valence-electron chi connectivity index (χ2n) is 9.98. The lowest BCUT2D eigenvalue weighted by atomic mass is 9.88. The first-order valence-corrected chi connectivity index (χ1v) is 12.0. The number of pyridine rings is 1. The number of hydrogen-bond acceptors (Lipinski definition) is 5. The Kier molecular flexibility index (Phi) is 7.09. The molecule has 0 saturated heterocycles. The van der Waals surface area contributed by atoms with Crippen LogP contribution < -0.4 is 15.0 Å². The summed E-state index contributed by atoms with van der Waals surface area (Å²) >= 11 is 0. The summed E-state index contributed by atoms with van der Waals surface area (Å²) in [4.78, 5) is 26.1. The Morgan fingerprint density at radius 2 is 1.97 bits per heavy atom. The van der Waals surface area contributed by atoms with Gasteiger partial charge in [0.1, 0.15) is 24.8 Å². The fourth-order valence-corrected chi connectivity index (χ4v) is 4.81. The van der Waals surface area contributed by atoms with Gasteiger partial charge in [-0.1, -0.05) is 6.07 Å². The third-order valence-corrected chi connectivity index (χ3v) is 6.36. The highest BCUT2D eigenvalue weighted by Gasteiger charge is 2.34. The Morgan fingerprint density at radius 3 is 2.64 bits per heavy atom. The van der Waals surface area contributed by atoms with E-state index in [2.05, 4.69) is 0 Å². The first kappa shape index (κ1) is 25.7. The molecule has 2 heterocycles. The molecule has 1 aliphatic rings. The van der Waals surface area contributed by atoms with Crippen LogP contribution in [0.2, 0.25) is 0 Å². The van der Waals surface area contributed by atoms with Gasteiger partial charge in [0.05, 0.1) is 23.3 Å². The molecule has 192 valence electrons. The van der Waals surface area contributed by atoms with Gasteiger partial charge in [0.15, 0.2) is 6.10 Å². The van der Waals surface area contributed by atoms with E-state index >= 15 is 0 Å². The van der Waals surface area contributed by atoms with Crippen molar-refractivity contribution in [1.29, 1.82) is 0 Å². The minimum Gasteiger partial charge on any atom is -0.493 e. The molecule has 0 saturated carbocycles. The Hall–Kier alpha value is -3.39. The highest BCUT2D eigenvalue weighted by molar-refractivity contribution is 6.00. The van der Waals surface area contributed by atoms with Crippen LogP contribution in [-0.4, -0.2) is 41.1 Å². The van der Waals surface area contributed by atoms with Gasteiger partial charge in [0.2, 0.25) is 0 Å². The summed E-state index contributed by atoms with van der Waals surface area (Å²) in [6, 6.07) is 8.79. The maximum atomic E-state index is 13.5. The van der Waals surface area contributed by atoms with Gasteiger partial charge in [-0.25, -0.2) is 9.18 Å². The average molecular weight is 498 g/mol. The molecular weight excluding hydrogens is 465 g/mol. The van der Waals surface area contributed by atoms with Crippen LogP contribution in [-0.2, 0) is 23.0 Å². The first-order valence-electron chi connectivity index (χ1n) is 12.0. The summed E-state index contributed by atoms with van der Waals surface area (Å²) in [7, 11) is 1.55. The van der Waals surface area contributed by atoms with Crippen molar-refractivity contribution in [3.05, 3.63) is 57.5 Å². The standard InChI is InChI=1S/C28H32FNO6/c1-16-18-7-6-13-35-22(18)11-10-19(16)23-20-9-8-17(34-14-12-29)15-21(20)26(31)30(5)24(23)25(27(32)33)36-28(2,3)4/h8-11,15,25H,6-7,12-14H2,1-5H3,(H,32,33)/t25-/m0/s1. The number of nitrogens with zero attached hydrogens (tertiary/aromatic N) is 1. The number of alkyl halides is 1. The largest absolute Gasteiger partial charge is 0.493 e. The molecule has 1 aromatic heterocycles. The van der Waals surface area contributed by atoms with Crippen molar-refractivity contribution < 1.29 is 28.5 Å². The number of rotatable bonds is 7. The fraction of sp³-hybridized carbons (Fsp3) is 0.429. The minimum absolute atomic E-state index is 0.124. The number of carbonyl (C=O) groups is 1. The van der Waals surface area contributed by atoms with E-state index < -0.39 is 29.9 Å². The van der Waals surface area contributed by atoms with Crippen molar-refractivity contribution in [3.63, 3.8) is 0 Å². The van der Waals surface area contributed by atoms with Crippen LogP contribution in [0.1, 0.15) is 50.1 Å². The van der Waals surface area contributed by atoms with Crippen LogP contribution >= 0.6 is 0 Å². The van der Waals surface area contributed by atoms with Gasteiger partial charge >= 0.3 is 5.97 Å². The lowest BCUT2D eigenvalue weighted by Crippen LogP contribution is -2.33. The molecular formula is C28H32FNO6. The number of fused-ring (bicyclic) bond motifs is 2. The number of carboxylic acids is 1. The molecule has 2 aromatic carbocycles. The maximum Gasteiger partial charge on any atom is 0.339 e. The summed E-state index contributed by atoms with van der Waals surface area (Å²) in [6.45, 7) is 7.19. The normalized spacial score (nSPS) is 14.3. The number of hydrogen-bond donors (Lipinski definition) is 1. The van der Waals surface area contributed by atoms with Crippen molar-refractivity contribution in [1.82, 2.24) is 4.57 Å². The van der Waals surface area contributed by atoms with Gasteiger partial charge in [0.25, 0.3) is 5.56 Å². The zero-order valence-corrected chi connectivity index (χ0v) is 21.3. The van der Waals surface area contributed by atoms with E-state index in [1.165, 1.54) is 4.57 Å². The Balaban J connectivity index is 2.09. The van der Waals surface area contributed by atoms with Crippen LogP contribution in [0, 0.1) is 6.92 Å². The summed E-state index contributed by atoms with van der Waals surface area (Å²) in [5.41, 5.74) is 2.52. The summed E-state index contributed by atoms with van der Waals surface area (Å²) in [5.74, 6) is -0.00424. The SMILES string of the molecule is Cc1c(-c2c([C@H](OC(C)(C)C)C(=O)O)n(C)c(=O)c3cc(OCCF)ccc23)ccc2c1CCCO2. The first-order chi connectivity index (χ1) is 17.0. The summed E-state index contributed by atoms with van der Waals surface area (Å²) in [6.07, 6.45) is 0.338. The van der Waals surface area contributed by atoms with E-state index in [-0.39, 0.29) is 12.3 Å². The molecule has 0 unspecified atom stereocenters. The van der Waals surface area contributed by atoms with Gasteiger partial charge in [-0.3, -0.25) is 4.79 Å². The van der Waals surface area contributed by atoms with E-state index in [1.807, 2.05) is 19.1 Å². The molecule has 0 radical (unpaired) electrons. The zero-order valence-electron chi connectivity index (χ0n) is 21.3. The van der Waals surface area contributed by atoms with E-state index in [0.29, 0.717) is 28.7 Å². The number of aromatic nitrogens is 1. The molecule has 0 bridgehead atoms. The lowest BCUT2D eigenvalue weighted by molar-refractivity contribution is -0.161. The summed E-state index contributed by atoms with van der Waals surface area (Å²) in [5, 5.41) is 11.2. The number of aliphatic carboxylic acids is 1. The Morgan fingerprint density at radius 1 is 1.22 bits per heavy atom. The molecule has 0 fully saturated rings. The van der Waals surface area contributed by atoms with Gasteiger partial charge in [-0.05, 0) is 86.9 Å². The van der Waals surface area contributed by atoms with Crippen LogP contribution in [0.4, 0.5) is 4.39 Å². The molecule has 3 aromatic rings. The second-order valence-corrected chi connectivity index (χ2v) is 9.98.